The van der Waals surface area contributed by atoms with E-state index in [1.807, 2.05) is 20.8 Å². The molecule has 1 atom stereocenters. The van der Waals surface area contributed by atoms with Crippen LogP contribution in [-0.4, -0.2) is 21.0 Å². The van der Waals surface area contributed by atoms with Gasteiger partial charge in [0.2, 0.25) is 0 Å². The highest BCUT2D eigenvalue weighted by atomic mass is 32.1. The maximum atomic E-state index is 12.2. The highest BCUT2D eigenvalue weighted by molar-refractivity contribution is 7.18. The van der Waals surface area contributed by atoms with E-state index in [1.165, 1.54) is 11.3 Å². The van der Waals surface area contributed by atoms with Crippen molar-refractivity contribution in [3.63, 3.8) is 0 Å². The number of aromatic nitrogens is 2. The van der Waals surface area contributed by atoms with Gasteiger partial charge < -0.3 is 10.1 Å². The number of thiophene rings is 1. The molecule has 2 N–H and O–H groups in total. The fourth-order valence-electron chi connectivity index (χ4n) is 2.44. The number of aryl methyl sites for hydroxylation is 2. The Kier molecular flexibility index (Phi) is 4.23. The van der Waals surface area contributed by atoms with Gasteiger partial charge in [0.1, 0.15) is 10.7 Å². The summed E-state index contributed by atoms with van der Waals surface area (Å²) in [6.45, 7) is 5.86. The van der Waals surface area contributed by atoms with Crippen molar-refractivity contribution in [3.8, 4) is 0 Å². The topological polar surface area (TPSA) is 83.0 Å². The number of nitrogens with one attached hydrogen (secondary N) is 1. The zero-order chi connectivity index (χ0) is 14.9. The molecular formula is C14H18N2O3S. The standard InChI is InChI=1S/C14H18N2O3S/c1-4-9-8(3)20-14-12(9)13(19)15-10(16-14)5-7(2)6-11(17)18/h7H,4-6H2,1-3H3,(H,17,18)(H,15,16,19). The number of hydrogen-bond acceptors (Lipinski definition) is 4. The number of fused-ring (bicyclic) bond motifs is 1. The SMILES string of the molecule is CCc1c(C)sc2nc(CC(C)CC(=O)O)[nH]c(=O)c12. The molecule has 0 aliphatic heterocycles. The van der Waals surface area contributed by atoms with Gasteiger partial charge in [-0.2, -0.15) is 0 Å². The highest BCUT2D eigenvalue weighted by Gasteiger charge is 2.15. The first kappa shape index (κ1) is 14.7. The van der Waals surface area contributed by atoms with Crippen LogP contribution in [-0.2, 0) is 17.6 Å². The highest BCUT2D eigenvalue weighted by Crippen LogP contribution is 2.27. The van der Waals surface area contributed by atoms with Crippen LogP contribution >= 0.6 is 11.3 Å². The van der Waals surface area contributed by atoms with Crippen molar-refractivity contribution < 1.29 is 9.90 Å². The molecule has 1 unspecified atom stereocenters. The molecule has 0 fully saturated rings. The van der Waals surface area contributed by atoms with Gasteiger partial charge in [-0.25, -0.2) is 4.98 Å². The largest absolute Gasteiger partial charge is 0.481 e. The predicted molar refractivity (Wildman–Crippen MR) is 79.5 cm³/mol. The Labute approximate surface area is 120 Å². The molecular weight excluding hydrogens is 276 g/mol. The Morgan fingerprint density at radius 2 is 2.20 bits per heavy atom. The summed E-state index contributed by atoms with van der Waals surface area (Å²) < 4.78 is 0. The Morgan fingerprint density at radius 3 is 2.80 bits per heavy atom. The number of carboxylic acids is 1. The average molecular weight is 294 g/mol. The van der Waals surface area contributed by atoms with Crippen LogP contribution in [0.2, 0.25) is 0 Å². The third kappa shape index (κ3) is 2.90. The molecule has 0 amide bonds. The molecule has 0 radical (unpaired) electrons. The zero-order valence-electron chi connectivity index (χ0n) is 11.8. The van der Waals surface area contributed by atoms with Crippen LogP contribution in [0.3, 0.4) is 0 Å². The molecule has 0 saturated heterocycles. The number of carboxylic acid groups (broad SMARTS) is 1. The molecule has 20 heavy (non-hydrogen) atoms. The fourth-order valence-corrected chi connectivity index (χ4v) is 3.58. The van der Waals surface area contributed by atoms with Crippen molar-refractivity contribution in [2.24, 2.45) is 5.92 Å². The quantitative estimate of drug-likeness (QED) is 0.887. The van der Waals surface area contributed by atoms with Crippen LogP contribution < -0.4 is 5.56 Å². The molecule has 2 rings (SSSR count). The first-order valence-electron chi connectivity index (χ1n) is 6.65. The molecule has 5 nitrogen and oxygen atoms in total. The maximum Gasteiger partial charge on any atom is 0.303 e. The predicted octanol–water partition coefficient (Wildman–Crippen LogP) is 2.51. The number of rotatable bonds is 5. The lowest BCUT2D eigenvalue weighted by Crippen LogP contribution is -2.15. The number of H-pyrrole nitrogens is 1. The molecule has 108 valence electrons. The third-order valence-corrected chi connectivity index (χ3v) is 4.37. The molecule has 2 aromatic rings. The Morgan fingerprint density at radius 1 is 1.50 bits per heavy atom. The van der Waals surface area contributed by atoms with E-state index in [0.29, 0.717) is 17.6 Å². The van der Waals surface area contributed by atoms with Gasteiger partial charge in [-0.15, -0.1) is 11.3 Å². The van der Waals surface area contributed by atoms with Crippen molar-refractivity contribution in [2.45, 2.75) is 40.0 Å². The second-order valence-electron chi connectivity index (χ2n) is 5.09. The van der Waals surface area contributed by atoms with Gasteiger partial charge >= 0.3 is 5.97 Å². The fraction of sp³-hybridized carbons (Fsp3) is 0.500. The molecule has 6 heteroatoms. The number of hydrogen-bond donors (Lipinski definition) is 2. The molecule has 0 bridgehead atoms. The van der Waals surface area contributed by atoms with Crippen LogP contribution in [0, 0.1) is 12.8 Å². The summed E-state index contributed by atoms with van der Waals surface area (Å²) in [6, 6.07) is 0. The van der Waals surface area contributed by atoms with E-state index in [-0.39, 0.29) is 17.9 Å². The smallest absolute Gasteiger partial charge is 0.303 e. The summed E-state index contributed by atoms with van der Waals surface area (Å²) in [5.74, 6) is -0.318. The van der Waals surface area contributed by atoms with E-state index in [1.54, 1.807) is 0 Å². The molecule has 0 aliphatic rings. The molecule has 0 saturated carbocycles. The van der Waals surface area contributed by atoms with E-state index in [4.69, 9.17) is 5.11 Å². The molecule has 0 aliphatic carbocycles. The molecule has 2 heterocycles. The van der Waals surface area contributed by atoms with Gasteiger partial charge in [0.15, 0.2) is 0 Å². The average Bonchev–Trinajstić information content (AvgIpc) is 2.63. The minimum absolute atomic E-state index is 0.0557. The summed E-state index contributed by atoms with van der Waals surface area (Å²) in [5.41, 5.74) is 0.942. The minimum atomic E-state index is -0.832. The van der Waals surface area contributed by atoms with Crippen LogP contribution in [0.15, 0.2) is 4.79 Å². The summed E-state index contributed by atoms with van der Waals surface area (Å²) in [5, 5.41) is 9.45. The van der Waals surface area contributed by atoms with Crippen molar-refractivity contribution in [1.82, 2.24) is 9.97 Å². The van der Waals surface area contributed by atoms with E-state index in [9.17, 15) is 9.59 Å². The lowest BCUT2D eigenvalue weighted by atomic mass is 10.0. The third-order valence-electron chi connectivity index (χ3n) is 3.33. The number of nitrogens with zero attached hydrogens (tertiary/aromatic N) is 1. The van der Waals surface area contributed by atoms with Crippen LogP contribution in [0.5, 0.6) is 0 Å². The Hall–Kier alpha value is -1.69. The van der Waals surface area contributed by atoms with Crippen molar-refractivity contribution in [2.75, 3.05) is 0 Å². The summed E-state index contributed by atoms with van der Waals surface area (Å²) in [4.78, 5) is 32.0. The lowest BCUT2D eigenvalue weighted by molar-refractivity contribution is -0.137. The van der Waals surface area contributed by atoms with Gasteiger partial charge in [0, 0.05) is 17.7 Å². The Bertz CT molecular complexity index is 702. The van der Waals surface area contributed by atoms with Crippen molar-refractivity contribution in [3.05, 3.63) is 26.6 Å². The zero-order valence-corrected chi connectivity index (χ0v) is 12.6. The van der Waals surface area contributed by atoms with Gasteiger partial charge in [0.25, 0.3) is 5.56 Å². The van der Waals surface area contributed by atoms with Gasteiger partial charge in [-0.3, -0.25) is 9.59 Å². The Balaban J connectivity index is 2.39. The van der Waals surface area contributed by atoms with E-state index in [0.717, 1.165) is 21.7 Å². The normalized spacial score (nSPS) is 12.8. The summed E-state index contributed by atoms with van der Waals surface area (Å²) in [6.07, 6.45) is 1.35. The van der Waals surface area contributed by atoms with Crippen LogP contribution in [0.1, 0.15) is 36.5 Å². The van der Waals surface area contributed by atoms with E-state index >= 15 is 0 Å². The van der Waals surface area contributed by atoms with Gasteiger partial charge in [-0.05, 0) is 24.8 Å². The lowest BCUT2D eigenvalue weighted by Gasteiger charge is -2.07. The molecule has 0 aromatic carbocycles. The molecule has 0 spiro atoms. The van der Waals surface area contributed by atoms with Crippen LogP contribution in [0.4, 0.5) is 0 Å². The number of carbonyl (C=O) groups is 1. The minimum Gasteiger partial charge on any atom is -0.481 e. The number of aliphatic carboxylic acids is 1. The van der Waals surface area contributed by atoms with E-state index < -0.39 is 5.97 Å². The van der Waals surface area contributed by atoms with Crippen molar-refractivity contribution >= 4 is 27.5 Å². The first-order valence-corrected chi connectivity index (χ1v) is 7.47. The second-order valence-corrected chi connectivity index (χ2v) is 6.29. The second kappa shape index (κ2) is 5.75. The number of aromatic amines is 1. The van der Waals surface area contributed by atoms with Crippen LogP contribution in [0.25, 0.3) is 10.2 Å². The summed E-state index contributed by atoms with van der Waals surface area (Å²) >= 11 is 1.53. The maximum absolute atomic E-state index is 12.2. The van der Waals surface area contributed by atoms with Gasteiger partial charge in [-0.1, -0.05) is 13.8 Å². The monoisotopic (exact) mass is 294 g/mol. The van der Waals surface area contributed by atoms with E-state index in [2.05, 4.69) is 9.97 Å². The first-order chi connectivity index (χ1) is 9.42. The summed E-state index contributed by atoms with van der Waals surface area (Å²) in [7, 11) is 0. The van der Waals surface area contributed by atoms with Crippen molar-refractivity contribution in [1.29, 1.82) is 0 Å². The molecule has 2 aromatic heterocycles. The van der Waals surface area contributed by atoms with Gasteiger partial charge in [0.05, 0.1) is 5.39 Å².